The predicted molar refractivity (Wildman–Crippen MR) is 77.4 cm³/mol. The average Bonchev–Trinajstić information content (AvgIpc) is 2.65. The Hall–Kier alpha value is -1.35. The number of amides is 2. The van der Waals surface area contributed by atoms with Crippen molar-refractivity contribution in [2.45, 2.75) is 38.8 Å². The Morgan fingerprint density at radius 1 is 1.38 bits per heavy atom. The van der Waals surface area contributed by atoms with Crippen molar-refractivity contribution in [2.75, 3.05) is 19.3 Å². The van der Waals surface area contributed by atoms with Crippen LogP contribution in [-0.4, -0.2) is 61.4 Å². The first-order valence-electron chi connectivity index (χ1n) is 6.69. The molecule has 122 valence electrons. The zero-order valence-corrected chi connectivity index (χ0v) is 13.5. The summed E-state index contributed by atoms with van der Waals surface area (Å²) in [6.45, 7) is 5.50. The molecule has 21 heavy (non-hydrogen) atoms. The summed E-state index contributed by atoms with van der Waals surface area (Å²) in [6.07, 6.45) is 1.48. The number of rotatable bonds is 5. The molecule has 0 aromatic carbocycles. The van der Waals surface area contributed by atoms with Crippen LogP contribution in [0.15, 0.2) is 0 Å². The van der Waals surface area contributed by atoms with E-state index in [2.05, 4.69) is 10.0 Å². The Labute approximate surface area is 124 Å². The molecule has 1 saturated heterocycles. The van der Waals surface area contributed by atoms with Gasteiger partial charge < -0.3 is 15.3 Å². The second-order valence-electron chi connectivity index (χ2n) is 6.08. The minimum atomic E-state index is -3.37. The van der Waals surface area contributed by atoms with E-state index in [-0.39, 0.29) is 18.6 Å². The molecule has 3 N–H and O–H groups in total. The van der Waals surface area contributed by atoms with Crippen molar-refractivity contribution >= 4 is 22.0 Å². The van der Waals surface area contributed by atoms with Gasteiger partial charge in [-0.3, -0.25) is 4.79 Å². The molecule has 0 spiro atoms. The number of hydrogen-bond donors (Lipinski definition) is 3. The molecular formula is C12H23N3O5S. The number of nitrogens with zero attached hydrogens (tertiary/aromatic N) is 1. The third-order valence-corrected chi connectivity index (χ3v) is 4.40. The molecule has 0 aromatic rings. The number of aliphatic carboxylic acids is 1. The average molecular weight is 321 g/mol. The molecule has 0 aliphatic carbocycles. The van der Waals surface area contributed by atoms with E-state index < -0.39 is 27.4 Å². The molecule has 0 radical (unpaired) electrons. The smallest absolute Gasteiger partial charge is 0.317 e. The number of nitrogens with one attached hydrogen (secondary N) is 2. The van der Waals surface area contributed by atoms with Crippen LogP contribution in [-0.2, 0) is 14.8 Å². The fourth-order valence-electron chi connectivity index (χ4n) is 2.49. The van der Waals surface area contributed by atoms with E-state index in [0.717, 1.165) is 6.26 Å². The molecule has 2 atom stereocenters. The van der Waals surface area contributed by atoms with Gasteiger partial charge in [-0.1, -0.05) is 0 Å². The number of carbonyl (C=O) groups is 2. The van der Waals surface area contributed by atoms with E-state index in [1.54, 1.807) is 20.8 Å². The molecule has 0 bridgehead atoms. The summed E-state index contributed by atoms with van der Waals surface area (Å²) in [5.74, 6) is -1.46. The number of urea groups is 1. The van der Waals surface area contributed by atoms with Crippen LogP contribution in [0.2, 0.25) is 0 Å². The van der Waals surface area contributed by atoms with Crippen molar-refractivity contribution in [3.63, 3.8) is 0 Å². The van der Waals surface area contributed by atoms with E-state index in [1.165, 1.54) is 4.90 Å². The second kappa shape index (κ2) is 6.18. The van der Waals surface area contributed by atoms with Crippen LogP contribution in [0.4, 0.5) is 4.79 Å². The molecule has 1 rings (SSSR count). The van der Waals surface area contributed by atoms with Crippen LogP contribution in [0, 0.1) is 5.92 Å². The third-order valence-electron chi connectivity index (χ3n) is 3.48. The lowest BCUT2D eigenvalue weighted by molar-refractivity contribution is -0.142. The lowest BCUT2D eigenvalue weighted by Crippen LogP contribution is -2.53. The Balaban J connectivity index is 2.57. The van der Waals surface area contributed by atoms with E-state index >= 15 is 0 Å². The van der Waals surface area contributed by atoms with E-state index in [0.29, 0.717) is 13.0 Å². The first kappa shape index (κ1) is 17.7. The van der Waals surface area contributed by atoms with Crippen molar-refractivity contribution in [1.82, 2.24) is 14.9 Å². The standard InChI is InChI=1S/C12H23N3O5S/c1-8-9(10(16)17)5-6-15(8)11(18)13-7-12(2,3)14-21(4,19)20/h8-9,14H,5-7H2,1-4H3,(H,13,18)(H,16,17). The number of sulfonamides is 1. The fourth-order valence-corrected chi connectivity index (χ4v) is 3.57. The van der Waals surface area contributed by atoms with Gasteiger partial charge in [0.25, 0.3) is 0 Å². The largest absolute Gasteiger partial charge is 0.481 e. The molecule has 1 heterocycles. The zero-order valence-electron chi connectivity index (χ0n) is 12.7. The van der Waals surface area contributed by atoms with E-state index in [1.807, 2.05) is 0 Å². The van der Waals surface area contributed by atoms with E-state index in [4.69, 9.17) is 5.11 Å². The maximum Gasteiger partial charge on any atom is 0.317 e. The van der Waals surface area contributed by atoms with Crippen molar-refractivity contribution in [3.05, 3.63) is 0 Å². The SMILES string of the molecule is CC1C(C(=O)O)CCN1C(=O)NCC(C)(C)NS(C)(=O)=O. The summed E-state index contributed by atoms with van der Waals surface area (Å²) in [6, 6.07) is -0.761. The van der Waals surface area contributed by atoms with Gasteiger partial charge in [0.2, 0.25) is 10.0 Å². The second-order valence-corrected chi connectivity index (χ2v) is 7.83. The highest BCUT2D eigenvalue weighted by atomic mass is 32.2. The molecular weight excluding hydrogens is 298 g/mol. The van der Waals surface area contributed by atoms with Gasteiger partial charge in [0.15, 0.2) is 0 Å². The molecule has 1 aliphatic heterocycles. The van der Waals surface area contributed by atoms with Gasteiger partial charge in [0.1, 0.15) is 0 Å². The normalized spacial score (nSPS) is 23.1. The van der Waals surface area contributed by atoms with Gasteiger partial charge >= 0.3 is 12.0 Å². The molecule has 1 aliphatic rings. The fraction of sp³-hybridized carbons (Fsp3) is 0.833. The van der Waals surface area contributed by atoms with Crippen molar-refractivity contribution < 1.29 is 23.1 Å². The quantitative estimate of drug-likeness (QED) is 0.649. The van der Waals surface area contributed by atoms with Gasteiger partial charge in [0, 0.05) is 24.7 Å². The number of carboxylic acid groups (broad SMARTS) is 1. The lowest BCUT2D eigenvalue weighted by atomic mass is 10.0. The van der Waals surface area contributed by atoms with Crippen molar-refractivity contribution in [1.29, 1.82) is 0 Å². The van der Waals surface area contributed by atoms with Gasteiger partial charge in [-0.2, -0.15) is 0 Å². The van der Waals surface area contributed by atoms with Crippen molar-refractivity contribution in [2.24, 2.45) is 5.92 Å². The summed E-state index contributed by atoms with van der Waals surface area (Å²) in [5.41, 5.74) is -0.821. The molecule has 0 aromatic heterocycles. The molecule has 9 heteroatoms. The summed E-state index contributed by atoms with van der Waals surface area (Å²) in [5, 5.41) is 11.7. The third kappa shape index (κ3) is 5.16. The van der Waals surface area contributed by atoms with Gasteiger partial charge in [-0.25, -0.2) is 17.9 Å². The van der Waals surface area contributed by atoms with Crippen molar-refractivity contribution in [3.8, 4) is 0 Å². The van der Waals surface area contributed by atoms with Crippen LogP contribution >= 0.6 is 0 Å². The Morgan fingerprint density at radius 2 is 1.95 bits per heavy atom. The summed E-state index contributed by atoms with van der Waals surface area (Å²) in [4.78, 5) is 24.6. The first-order valence-corrected chi connectivity index (χ1v) is 8.58. The summed E-state index contributed by atoms with van der Waals surface area (Å²) >= 11 is 0. The molecule has 2 unspecified atom stereocenters. The number of hydrogen-bond acceptors (Lipinski definition) is 4. The molecule has 1 fully saturated rings. The van der Waals surface area contributed by atoms with Crippen LogP contribution in [0.25, 0.3) is 0 Å². The monoisotopic (exact) mass is 321 g/mol. The highest BCUT2D eigenvalue weighted by Crippen LogP contribution is 2.24. The summed E-state index contributed by atoms with van der Waals surface area (Å²) in [7, 11) is -3.37. The summed E-state index contributed by atoms with van der Waals surface area (Å²) < 4.78 is 24.9. The highest BCUT2D eigenvalue weighted by molar-refractivity contribution is 7.88. The first-order chi connectivity index (χ1) is 9.43. The maximum atomic E-state index is 12.1. The Kier molecular flexibility index (Phi) is 5.21. The predicted octanol–water partition coefficient (Wildman–Crippen LogP) is -0.181. The zero-order chi connectivity index (χ0) is 16.4. The minimum absolute atomic E-state index is 0.111. The highest BCUT2D eigenvalue weighted by Gasteiger charge is 2.38. The number of carbonyl (C=O) groups excluding carboxylic acids is 1. The topological polar surface area (TPSA) is 116 Å². The maximum absolute atomic E-state index is 12.1. The lowest BCUT2D eigenvalue weighted by Gasteiger charge is -2.28. The number of carboxylic acids is 1. The van der Waals surface area contributed by atoms with Crippen LogP contribution in [0.3, 0.4) is 0 Å². The van der Waals surface area contributed by atoms with E-state index in [9.17, 15) is 18.0 Å². The molecule has 0 saturated carbocycles. The Bertz CT molecular complexity index is 517. The van der Waals surface area contributed by atoms with Crippen LogP contribution in [0.5, 0.6) is 0 Å². The Morgan fingerprint density at radius 3 is 2.38 bits per heavy atom. The van der Waals surface area contributed by atoms with Gasteiger partial charge in [-0.15, -0.1) is 0 Å². The molecule has 2 amide bonds. The number of likely N-dealkylation sites (tertiary alicyclic amines) is 1. The van der Waals surface area contributed by atoms with Gasteiger partial charge in [0.05, 0.1) is 12.2 Å². The molecule has 8 nitrogen and oxygen atoms in total. The van der Waals surface area contributed by atoms with Crippen LogP contribution < -0.4 is 10.0 Å². The van der Waals surface area contributed by atoms with Gasteiger partial charge in [-0.05, 0) is 27.2 Å². The van der Waals surface area contributed by atoms with Crippen LogP contribution in [0.1, 0.15) is 27.2 Å². The minimum Gasteiger partial charge on any atom is -0.481 e.